The number of rotatable bonds is 4. The zero-order valence-corrected chi connectivity index (χ0v) is 9.37. The van der Waals surface area contributed by atoms with Gasteiger partial charge in [0.1, 0.15) is 11.5 Å². The molecular weight excluding hydrogens is 210 g/mol. The number of anilines is 1. The first-order valence-electron chi connectivity index (χ1n) is 4.62. The molecule has 0 unspecified atom stereocenters. The minimum atomic E-state index is -0.677. The van der Waals surface area contributed by atoms with Gasteiger partial charge in [-0.3, -0.25) is 9.59 Å². The molecule has 1 aromatic rings. The third-order valence-corrected chi connectivity index (χ3v) is 1.98. The monoisotopic (exact) mass is 223 g/mol. The van der Waals surface area contributed by atoms with Crippen LogP contribution in [0.3, 0.4) is 0 Å². The maximum absolute atomic E-state index is 11.2. The van der Waals surface area contributed by atoms with Crippen LogP contribution in [0.5, 0.6) is 11.5 Å². The molecule has 16 heavy (non-hydrogen) atoms. The molecule has 5 nitrogen and oxygen atoms in total. The molecule has 1 N–H and O–H groups in total. The smallest absolute Gasteiger partial charge is 0.291 e. The van der Waals surface area contributed by atoms with Gasteiger partial charge in [-0.25, -0.2) is 0 Å². The van der Waals surface area contributed by atoms with Crippen LogP contribution in [0, 0.1) is 0 Å². The Morgan fingerprint density at radius 1 is 1.19 bits per heavy atom. The van der Waals surface area contributed by atoms with E-state index in [4.69, 9.17) is 9.47 Å². The van der Waals surface area contributed by atoms with Gasteiger partial charge < -0.3 is 14.8 Å². The van der Waals surface area contributed by atoms with Gasteiger partial charge in [0.05, 0.1) is 19.9 Å². The Kier molecular flexibility index (Phi) is 3.88. The van der Waals surface area contributed by atoms with E-state index in [1.54, 1.807) is 18.2 Å². The largest absolute Gasteiger partial charge is 0.497 e. The molecule has 0 spiro atoms. The topological polar surface area (TPSA) is 64.6 Å². The molecule has 0 aliphatic carbocycles. The van der Waals surface area contributed by atoms with Gasteiger partial charge in [0.15, 0.2) is 0 Å². The second-order valence-electron chi connectivity index (χ2n) is 3.08. The lowest BCUT2D eigenvalue weighted by Gasteiger charge is -2.10. The van der Waals surface area contributed by atoms with E-state index in [1.807, 2.05) is 0 Å². The Balaban J connectivity index is 2.96. The fraction of sp³-hybridized carbons (Fsp3) is 0.273. The molecule has 0 aliphatic heterocycles. The average molecular weight is 223 g/mol. The molecule has 1 aromatic carbocycles. The first-order chi connectivity index (χ1) is 7.58. The second kappa shape index (κ2) is 5.16. The molecule has 0 bridgehead atoms. The molecule has 0 aromatic heterocycles. The Hall–Kier alpha value is -2.04. The van der Waals surface area contributed by atoms with Crippen molar-refractivity contribution in [2.75, 3.05) is 19.5 Å². The molecule has 5 heteroatoms. The van der Waals surface area contributed by atoms with Crippen LogP contribution >= 0.6 is 0 Å². The van der Waals surface area contributed by atoms with Crippen LogP contribution in [0.1, 0.15) is 6.92 Å². The molecular formula is C11H13NO4. The van der Waals surface area contributed by atoms with E-state index in [9.17, 15) is 9.59 Å². The number of amides is 1. The SMILES string of the molecule is COc1ccc(NC(=O)C(C)=O)c(OC)c1. The van der Waals surface area contributed by atoms with Crippen LogP contribution in [0.25, 0.3) is 0 Å². The molecule has 0 saturated carbocycles. The molecule has 1 rings (SSSR count). The van der Waals surface area contributed by atoms with Crippen molar-refractivity contribution in [3.8, 4) is 11.5 Å². The number of hydrogen-bond acceptors (Lipinski definition) is 4. The number of ketones is 1. The molecule has 0 saturated heterocycles. The second-order valence-corrected chi connectivity index (χ2v) is 3.08. The lowest BCUT2D eigenvalue weighted by atomic mass is 10.2. The Labute approximate surface area is 93.4 Å². The van der Waals surface area contributed by atoms with Crippen LogP contribution in [-0.4, -0.2) is 25.9 Å². The summed E-state index contributed by atoms with van der Waals surface area (Å²) in [5.74, 6) is -0.187. The summed E-state index contributed by atoms with van der Waals surface area (Å²) >= 11 is 0. The highest BCUT2D eigenvalue weighted by atomic mass is 16.5. The normalized spacial score (nSPS) is 9.44. The number of ether oxygens (including phenoxy) is 2. The van der Waals surface area contributed by atoms with Gasteiger partial charge in [-0.2, -0.15) is 0 Å². The first-order valence-corrected chi connectivity index (χ1v) is 4.62. The Bertz CT molecular complexity index is 414. The maximum atomic E-state index is 11.2. The highest BCUT2D eigenvalue weighted by molar-refractivity contribution is 6.39. The number of hydrogen-bond donors (Lipinski definition) is 1. The van der Waals surface area contributed by atoms with Gasteiger partial charge in [0, 0.05) is 13.0 Å². The quantitative estimate of drug-likeness (QED) is 0.780. The summed E-state index contributed by atoms with van der Waals surface area (Å²) in [7, 11) is 3.00. The van der Waals surface area contributed by atoms with E-state index in [0.717, 1.165) is 0 Å². The van der Waals surface area contributed by atoms with E-state index in [0.29, 0.717) is 17.2 Å². The molecule has 0 radical (unpaired) electrons. The summed E-state index contributed by atoms with van der Waals surface area (Å²) in [6.07, 6.45) is 0. The maximum Gasteiger partial charge on any atom is 0.291 e. The fourth-order valence-electron chi connectivity index (χ4n) is 1.11. The number of carbonyl (C=O) groups is 2. The number of benzene rings is 1. The molecule has 0 atom stereocenters. The minimum absolute atomic E-state index is 0.434. The number of nitrogens with one attached hydrogen (secondary N) is 1. The van der Waals surface area contributed by atoms with E-state index in [-0.39, 0.29) is 0 Å². The molecule has 0 aliphatic rings. The van der Waals surface area contributed by atoms with Crippen molar-refractivity contribution in [3.05, 3.63) is 18.2 Å². The fourth-order valence-corrected chi connectivity index (χ4v) is 1.11. The van der Waals surface area contributed by atoms with Gasteiger partial charge in [0.2, 0.25) is 5.78 Å². The van der Waals surface area contributed by atoms with Crippen molar-refractivity contribution < 1.29 is 19.1 Å². The lowest BCUT2D eigenvalue weighted by Crippen LogP contribution is -2.20. The standard InChI is InChI=1S/C11H13NO4/c1-7(13)11(14)12-9-5-4-8(15-2)6-10(9)16-3/h4-6H,1-3H3,(H,12,14). The van der Waals surface area contributed by atoms with Gasteiger partial charge >= 0.3 is 0 Å². The van der Waals surface area contributed by atoms with Crippen LogP contribution in [-0.2, 0) is 9.59 Å². The highest BCUT2D eigenvalue weighted by Gasteiger charge is 2.11. The van der Waals surface area contributed by atoms with E-state index < -0.39 is 11.7 Å². The van der Waals surface area contributed by atoms with Gasteiger partial charge in [-0.1, -0.05) is 0 Å². The van der Waals surface area contributed by atoms with Gasteiger partial charge in [0.25, 0.3) is 5.91 Å². The van der Waals surface area contributed by atoms with Crippen LogP contribution < -0.4 is 14.8 Å². The number of methoxy groups -OCH3 is 2. The van der Waals surface area contributed by atoms with Crippen LogP contribution in [0.2, 0.25) is 0 Å². The summed E-state index contributed by atoms with van der Waals surface area (Å²) in [6, 6.07) is 4.90. The molecule has 86 valence electrons. The van der Waals surface area contributed by atoms with Crippen LogP contribution in [0.15, 0.2) is 18.2 Å². The molecule has 1 amide bonds. The molecule has 0 fully saturated rings. The summed E-state index contributed by atoms with van der Waals surface area (Å²) in [6.45, 7) is 1.20. The third-order valence-electron chi connectivity index (χ3n) is 1.98. The van der Waals surface area contributed by atoms with Crippen molar-refractivity contribution in [2.24, 2.45) is 0 Å². The van der Waals surface area contributed by atoms with Crippen molar-refractivity contribution in [1.82, 2.24) is 0 Å². The Morgan fingerprint density at radius 3 is 2.38 bits per heavy atom. The number of Topliss-reactive ketones (excluding diaryl/α,β-unsaturated/α-hetero) is 1. The zero-order valence-electron chi connectivity index (χ0n) is 9.37. The highest BCUT2D eigenvalue weighted by Crippen LogP contribution is 2.28. The Morgan fingerprint density at radius 2 is 1.88 bits per heavy atom. The predicted molar refractivity (Wildman–Crippen MR) is 58.9 cm³/mol. The minimum Gasteiger partial charge on any atom is -0.497 e. The van der Waals surface area contributed by atoms with Gasteiger partial charge in [-0.15, -0.1) is 0 Å². The van der Waals surface area contributed by atoms with Crippen molar-refractivity contribution in [2.45, 2.75) is 6.92 Å². The van der Waals surface area contributed by atoms with Crippen molar-refractivity contribution >= 4 is 17.4 Å². The molecule has 0 heterocycles. The lowest BCUT2D eigenvalue weighted by molar-refractivity contribution is -0.133. The predicted octanol–water partition coefficient (Wildman–Crippen LogP) is 1.23. The van der Waals surface area contributed by atoms with Crippen molar-refractivity contribution in [3.63, 3.8) is 0 Å². The summed E-state index contributed by atoms with van der Waals surface area (Å²) in [5, 5.41) is 2.44. The zero-order chi connectivity index (χ0) is 12.1. The van der Waals surface area contributed by atoms with E-state index >= 15 is 0 Å². The van der Waals surface area contributed by atoms with Gasteiger partial charge in [-0.05, 0) is 12.1 Å². The van der Waals surface area contributed by atoms with Crippen LogP contribution in [0.4, 0.5) is 5.69 Å². The van der Waals surface area contributed by atoms with E-state index in [1.165, 1.54) is 21.1 Å². The third kappa shape index (κ3) is 2.73. The number of carbonyl (C=O) groups excluding carboxylic acids is 2. The van der Waals surface area contributed by atoms with E-state index in [2.05, 4.69) is 5.32 Å². The summed E-state index contributed by atoms with van der Waals surface area (Å²) < 4.78 is 10.1. The summed E-state index contributed by atoms with van der Waals surface area (Å²) in [4.78, 5) is 22.0. The van der Waals surface area contributed by atoms with Crippen molar-refractivity contribution in [1.29, 1.82) is 0 Å². The average Bonchev–Trinajstić information content (AvgIpc) is 2.29. The summed E-state index contributed by atoms with van der Waals surface area (Å²) in [5.41, 5.74) is 0.434. The first kappa shape index (κ1) is 12.0.